The van der Waals surface area contributed by atoms with Crippen LogP contribution in [-0.4, -0.2) is 25.1 Å². The van der Waals surface area contributed by atoms with E-state index in [9.17, 15) is 10.1 Å². The highest BCUT2D eigenvalue weighted by Crippen LogP contribution is 2.21. The van der Waals surface area contributed by atoms with E-state index in [1.807, 2.05) is 48.5 Å². The van der Waals surface area contributed by atoms with Crippen molar-refractivity contribution in [2.24, 2.45) is 4.99 Å². The minimum absolute atomic E-state index is 0.0109. The molecular formula is C21H20N4O4. The van der Waals surface area contributed by atoms with Crippen molar-refractivity contribution in [2.75, 3.05) is 24.9 Å². The van der Waals surface area contributed by atoms with E-state index >= 15 is 0 Å². The molecule has 0 aromatic heterocycles. The molecular weight excluding hydrogens is 372 g/mol. The molecule has 3 aromatic carbocycles. The Labute approximate surface area is 168 Å². The normalized spacial score (nSPS) is 10.0. The van der Waals surface area contributed by atoms with Gasteiger partial charge in [0.15, 0.2) is 0 Å². The summed E-state index contributed by atoms with van der Waals surface area (Å²) in [6.45, 7) is 0. The predicted octanol–water partition coefficient (Wildman–Crippen LogP) is 4.82. The lowest BCUT2D eigenvalue weighted by Crippen LogP contribution is -2.21. The maximum atomic E-state index is 10.8. The molecule has 0 aliphatic carbocycles. The van der Waals surface area contributed by atoms with Crippen LogP contribution in [0.4, 0.5) is 22.7 Å². The van der Waals surface area contributed by atoms with Crippen LogP contribution >= 0.6 is 0 Å². The van der Waals surface area contributed by atoms with Gasteiger partial charge in [0, 0.05) is 23.5 Å². The number of hydrogen-bond acceptors (Lipinski definition) is 5. The van der Waals surface area contributed by atoms with E-state index in [1.165, 1.54) is 12.1 Å². The molecule has 0 aliphatic rings. The Hall–Kier alpha value is -4.07. The quantitative estimate of drug-likeness (QED) is 0.270. The molecule has 8 nitrogen and oxygen atoms in total. The van der Waals surface area contributed by atoms with E-state index in [1.54, 1.807) is 26.4 Å². The van der Waals surface area contributed by atoms with Gasteiger partial charge >= 0.3 is 0 Å². The Morgan fingerprint density at radius 3 is 1.62 bits per heavy atom. The van der Waals surface area contributed by atoms with Gasteiger partial charge in [-0.1, -0.05) is 0 Å². The third-order valence-electron chi connectivity index (χ3n) is 4.01. The zero-order chi connectivity index (χ0) is 20.6. The van der Waals surface area contributed by atoms with Crippen LogP contribution in [0.15, 0.2) is 77.8 Å². The predicted molar refractivity (Wildman–Crippen MR) is 113 cm³/mol. The van der Waals surface area contributed by atoms with Crippen LogP contribution in [0.1, 0.15) is 0 Å². The summed E-state index contributed by atoms with van der Waals surface area (Å²) in [5, 5.41) is 17.3. The SMILES string of the molecule is COc1ccc(NC(=Nc2ccc([N+](=O)[O-])cc2)Nc2ccc(OC)cc2)cc1. The number of hydrogen-bond donors (Lipinski definition) is 2. The standard InChI is InChI=1S/C21H20N4O4/c1-28-19-11-5-16(6-12-19)23-21(24-17-7-13-20(29-2)14-8-17)22-15-3-9-18(10-4-15)25(26)27/h3-14H,1-2H3,(H2,22,23,24). The number of methoxy groups -OCH3 is 2. The Balaban J connectivity index is 1.87. The van der Waals surface area contributed by atoms with Crippen LogP contribution in [0.2, 0.25) is 0 Å². The van der Waals surface area contributed by atoms with Crippen LogP contribution < -0.4 is 20.1 Å². The maximum Gasteiger partial charge on any atom is 0.269 e. The molecule has 0 radical (unpaired) electrons. The molecule has 0 atom stereocenters. The second kappa shape index (κ2) is 9.23. The number of rotatable bonds is 6. The number of nitrogens with one attached hydrogen (secondary N) is 2. The van der Waals surface area contributed by atoms with Gasteiger partial charge in [0.05, 0.1) is 24.8 Å². The molecule has 0 saturated carbocycles. The van der Waals surface area contributed by atoms with Crippen molar-refractivity contribution < 1.29 is 14.4 Å². The van der Waals surface area contributed by atoms with Crippen molar-refractivity contribution in [3.05, 3.63) is 82.9 Å². The number of aliphatic imine (C=N–C) groups is 1. The number of benzene rings is 3. The highest BCUT2D eigenvalue weighted by molar-refractivity contribution is 6.04. The summed E-state index contributed by atoms with van der Waals surface area (Å²) >= 11 is 0. The summed E-state index contributed by atoms with van der Waals surface area (Å²) in [6, 6.07) is 20.8. The fraction of sp³-hybridized carbons (Fsp3) is 0.0952. The summed E-state index contributed by atoms with van der Waals surface area (Å²) < 4.78 is 10.4. The number of nitro groups is 1. The van der Waals surface area contributed by atoms with E-state index in [0.717, 1.165) is 22.9 Å². The molecule has 29 heavy (non-hydrogen) atoms. The zero-order valence-electron chi connectivity index (χ0n) is 16.0. The molecule has 148 valence electrons. The Morgan fingerprint density at radius 2 is 1.24 bits per heavy atom. The summed E-state index contributed by atoms with van der Waals surface area (Å²) in [4.78, 5) is 14.9. The molecule has 0 heterocycles. The van der Waals surface area contributed by atoms with Crippen molar-refractivity contribution >= 4 is 28.7 Å². The van der Waals surface area contributed by atoms with E-state index in [2.05, 4.69) is 15.6 Å². The average molecular weight is 392 g/mol. The van der Waals surface area contributed by atoms with Crippen LogP contribution in [-0.2, 0) is 0 Å². The van der Waals surface area contributed by atoms with Gasteiger partial charge < -0.3 is 20.1 Å². The van der Waals surface area contributed by atoms with E-state index in [0.29, 0.717) is 11.6 Å². The van der Waals surface area contributed by atoms with E-state index < -0.39 is 4.92 Å². The molecule has 3 aromatic rings. The van der Waals surface area contributed by atoms with Gasteiger partial charge in [-0.25, -0.2) is 4.99 Å². The highest BCUT2D eigenvalue weighted by Gasteiger charge is 2.06. The molecule has 0 spiro atoms. The van der Waals surface area contributed by atoms with E-state index in [-0.39, 0.29) is 5.69 Å². The molecule has 3 rings (SSSR count). The number of guanidine groups is 1. The Morgan fingerprint density at radius 1 is 0.793 bits per heavy atom. The van der Waals surface area contributed by atoms with Gasteiger partial charge in [0.1, 0.15) is 11.5 Å². The topological polar surface area (TPSA) is 98.0 Å². The van der Waals surface area contributed by atoms with Crippen molar-refractivity contribution in [2.45, 2.75) is 0 Å². The first-order valence-corrected chi connectivity index (χ1v) is 8.72. The minimum atomic E-state index is -0.445. The van der Waals surface area contributed by atoms with Crippen LogP contribution in [0, 0.1) is 10.1 Å². The molecule has 2 N–H and O–H groups in total. The Kier molecular flexibility index (Phi) is 6.26. The lowest BCUT2D eigenvalue weighted by Gasteiger charge is -2.13. The van der Waals surface area contributed by atoms with Crippen molar-refractivity contribution in [3.8, 4) is 11.5 Å². The van der Waals surface area contributed by atoms with Crippen LogP contribution in [0.3, 0.4) is 0 Å². The molecule has 0 saturated heterocycles. The molecule has 0 fully saturated rings. The van der Waals surface area contributed by atoms with Crippen molar-refractivity contribution in [1.29, 1.82) is 0 Å². The molecule has 0 aliphatic heterocycles. The average Bonchev–Trinajstić information content (AvgIpc) is 2.75. The van der Waals surface area contributed by atoms with Gasteiger partial charge in [0.25, 0.3) is 5.69 Å². The lowest BCUT2D eigenvalue weighted by molar-refractivity contribution is -0.384. The molecule has 0 amide bonds. The maximum absolute atomic E-state index is 10.8. The first-order chi connectivity index (χ1) is 14.1. The molecule has 0 bridgehead atoms. The summed E-state index contributed by atoms with van der Waals surface area (Å²) in [6.07, 6.45) is 0. The van der Waals surface area contributed by atoms with E-state index in [4.69, 9.17) is 9.47 Å². The first-order valence-electron chi connectivity index (χ1n) is 8.72. The number of nitrogens with zero attached hydrogens (tertiary/aromatic N) is 2. The number of non-ortho nitro benzene ring substituents is 1. The van der Waals surface area contributed by atoms with Gasteiger partial charge in [-0.3, -0.25) is 10.1 Å². The minimum Gasteiger partial charge on any atom is -0.497 e. The Bertz CT molecular complexity index is 933. The number of ether oxygens (including phenoxy) is 2. The van der Waals surface area contributed by atoms with Gasteiger partial charge in [-0.05, 0) is 60.7 Å². The zero-order valence-corrected chi connectivity index (χ0v) is 16.0. The van der Waals surface area contributed by atoms with Gasteiger partial charge in [0.2, 0.25) is 5.96 Å². The van der Waals surface area contributed by atoms with Crippen molar-refractivity contribution in [1.82, 2.24) is 0 Å². The first kappa shape index (κ1) is 19.7. The second-order valence-electron chi connectivity index (χ2n) is 5.94. The monoisotopic (exact) mass is 392 g/mol. The smallest absolute Gasteiger partial charge is 0.269 e. The van der Waals surface area contributed by atoms with Crippen LogP contribution in [0.5, 0.6) is 11.5 Å². The summed E-state index contributed by atoms with van der Waals surface area (Å²) in [7, 11) is 3.21. The molecule has 8 heteroatoms. The van der Waals surface area contributed by atoms with Gasteiger partial charge in [-0.2, -0.15) is 0 Å². The fourth-order valence-electron chi connectivity index (χ4n) is 2.49. The summed E-state index contributed by atoms with van der Waals surface area (Å²) in [5.41, 5.74) is 2.17. The van der Waals surface area contributed by atoms with Crippen molar-refractivity contribution in [3.63, 3.8) is 0 Å². The third kappa shape index (κ3) is 5.46. The summed E-state index contributed by atoms with van der Waals surface area (Å²) in [5.74, 6) is 1.94. The largest absolute Gasteiger partial charge is 0.497 e. The number of anilines is 2. The molecule has 0 unspecified atom stereocenters. The fourth-order valence-corrected chi connectivity index (χ4v) is 2.49. The highest BCUT2D eigenvalue weighted by atomic mass is 16.6. The lowest BCUT2D eigenvalue weighted by atomic mass is 10.3. The van der Waals surface area contributed by atoms with Crippen LogP contribution in [0.25, 0.3) is 0 Å². The number of nitro benzene ring substituents is 1. The second-order valence-corrected chi connectivity index (χ2v) is 5.94. The third-order valence-corrected chi connectivity index (χ3v) is 4.01. The van der Waals surface area contributed by atoms with Gasteiger partial charge in [-0.15, -0.1) is 0 Å².